The van der Waals surface area contributed by atoms with E-state index in [-0.39, 0.29) is 0 Å². The number of hydrogen-bond acceptors (Lipinski definition) is 5. The Hall–Kier alpha value is -2.86. The summed E-state index contributed by atoms with van der Waals surface area (Å²) in [6, 6.07) is 13.7. The van der Waals surface area contributed by atoms with E-state index in [1.165, 1.54) is 0 Å². The van der Waals surface area contributed by atoms with E-state index in [2.05, 4.69) is 22.3 Å². The summed E-state index contributed by atoms with van der Waals surface area (Å²) in [5, 5.41) is 8.90. The molecule has 0 radical (unpaired) electrons. The molecule has 128 valence electrons. The highest BCUT2D eigenvalue weighted by molar-refractivity contribution is 5.82. The third-order valence-corrected chi connectivity index (χ3v) is 3.97. The van der Waals surface area contributed by atoms with E-state index in [0.717, 1.165) is 47.6 Å². The lowest BCUT2D eigenvalue weighted by atomic mass is 10.2. The van der Waals surface area contributed by atoms with Gasteiger partial charge >= 0.3 is 0 Å². The molecule has 6 heteroatoms. The highest BCUT2D eigenvalue weighted by atomic mass is 16.5. The van der Waals surface area contributed by atoms with Crippen molar-refractivity contribution in [3.8, 4) is 17.3 Å². The van der Waals surface area contributed by atoms with Crippen LogP contribution in [0, 0.1) is 0 Å². The molecule has 0 bridgehead atoms. The molecule has 0 atom stereocenters. The molecule has 0 aliphatic carbocycles. The fourth-order valence-electron chi connectivity index (χ4n) is 2.74. The van der Waals surface area contributed by atoms with E-state index in [1.807, 2.05) is 42.5 Å². The maximum Gasteiger partial charge on any atom is 0.231 e. The van der Waals surface area contributed by atoms with Crippen molar-refractivity contribution in [3.05, 3.63) is 48.7 Å². The van der Waals surface area contributed by atoms with Crippen molar-refractivity contribution in [2.45, 2.75) is 13.3 Å². The van der Waals surface area contributed by atoms with Crippen LogP contribution in [0.5, 0.6) is 5.88 Å². The Morgan fingerprint density at radius 3 is 2.96 bits per heavy atom. The van der Waals surface area contributed by atoms with Gasteiger partial charge in [-0.3, -0.25) is 0 Å². The number of nitrogens with one attached hydrogen (secondary N) is 1. The number of hydrogen-bond donors (Lipinski definition) is 1. The third kappa shape index (κ3) is 3.21. The molecule has 0 fully saturated rings. The first kappa shape index (κ1) is 15.7. The van der Waals surface area contributed by atoms with Crippen LogP contribution < -0.4 is 10.1 Å². The Kier molecular flexibility index (Phi) is 4.35. The summed E-state index contributed by atoms with van der Waals surface area (Å²) in [5.41, 5.74) is 2.41. The fourth-order valence-corrected chi connectivity index (χ4v) is 2.74. The second-order valence-electron chi connectivity index (χ2n) is 5.83. The summed E-state index contributed by atoms with van der Waals surface area (Å²) in [6.07, 6.45) is 2.88. The van der Waals surface area contributed by atoms with Crippen LogP contribution in [-0.2, 0) is 0 Å². The second kappa shape index (κ2) is 6.94. The minimum atomic E-state index is 0.571. The monoisotopic (exact) mass is 336 g/mol. The first-order valence-corrected chi connectivity index (χ1v) is 8.52. The Morgan fingerprint density at radius 1 is 1.16 bits per heavy atom. The van der Waals surface area contributed by atoms with Crippen molar-refractivity contribution >= 4 is 16.6 Å². The number of benzene rings is 1. The van der Waals surface area contributed by atoms with E-state index in [9.17, 15) is 0 Å². The molecule has 0 saturated carbocycles. The highest BCUT2D eigenvalue weighted by Crippen LogP contribution is 2.28. The van der Waals surface area contributed by atoms with Gasteiger partial charge in [0.1, 0.15) is 17.9 Å². The van der Waals surface area contributed by atoms with Crippen LogP contribution in [-0.4, -0.2) is 34.3 Å². The topological polar surface area (TPSA) is 64.6 Å². The van der Waals surface area contributed by atoms with E-state index in [0.29, 0.717) is 12.5 Å². The van der Waals surface area contributed by atoms with Crippen molar-refractivity contribution in [2.75, 3.05) is 19.7 Å². The molecule has 0 spiro atoms. The molecule has 0 amide bonds. The maximum absolute atomic E-state index is 5.93. The molecule has 1 aromatic carbocycles. The number of imidazole rings is 1. The summed E-state index contributed by atoms with van der Waals surface area (Å²) in [5.74, 6) is 1.31. The van der Waals surface area contributed by atoms with Crippen molar-refractivity contribution in [3.63, 3.8) is 0 Å². The van der Waals surface area contributed by atoms with Gasteiger partial charge in [0.25, 0.3) is 0 Å². The van der Waals surface area contributed by atoms with E-state index >= 15 is 0 Å². The van der Waals surface area contributed by atoms with Crippen LogP contribution in [0.2, 0.25) is 0 Å². The Morgan fingerprint density at radius 2 is 2.08 bits per heavy atom. The van der Waals surface area contributed by atoms with E-state index < -0.39 is 0 Å². The minimum Gasteiger partial charge on any atom is -0.475 e. The molecule has 0 saturated heterocycles. The lowest BCUT2D eigenvalue weighted by molar-refractivity contribution is 0.298. The fraction of sp³-hybridized carbons (Fsp3) is 0.263. The lowest BCUT2D eigenvalue weighted by Crippen LogP contribution is -2.21. The van der Waals surface area contributed by atoms with Gasteiger partial charge in [-0.05, 0) is 31.2 Å². The molecule has 25 heavy (non-hydrogen) atoms. The van der Waals surface area contributed by atoms with Crippen molar-refractivity contribution < 1.29 is 9.15 Å². The molecule has 1 N–H and O–H groups in total. The number of nitrogens with zero attached hydrogens (tertiary/aromatic N) is 3. The molecule has 0 aliphatic rings. The molecular weight excluding hydrogens is 316 g/mol. The summed E-state index contributed by atoms with van der Waals surface area (Å²) in [7, 11) is 0. The normalized spacial score (nSPS) is 11.4. The number of rotatable bonds is 7. The van der Waals surface area contributed by atoms with Crippen molar-refractivity contribution in [2.24, 2.45) is 0 Å². The van der Waals surface area contributed by atoms with E-state index in [4.69, 9.17) is 9.15 Å². The number of ether oxygens (including phenoxy) is 1. The lowest BCUT2D eigenvalue weighted by Gasteiger charge is -2.06. The zero-order chi connectivity index (χ0) is 17.1. The summed E-state index contributed by atoms with van der Waals surface area (Å²) < 4.78 is 13.4. The zero-order valence-electron chi connectivity index (χ0n) is 14.1. The largest absolute Gasteiger partial charge is 0.475 e. The SMILES string of the molecule is CCCNCCOc1ccc2ncc(-c3cc4ccccc4o3)n2n1. The average Bonchev–Trinajstić information content (AvgIpc) is 3.24. The Balaban J connectivity index is 1.60. The molecule has 0 unspecified atom stereocenters. The van der Waals surface area contributed by atoms with Crippen LogP contribution in [0.15, 0.2) is 53.1 Å². The third-order valence-electron chi connectivity index (χ3n) is 3.97. The van der Waals surface area contributed by atoms with Gasteiger partial charge in [0.2, 0.25) is 5.88 Å². The predicted molar refractivity (Wildman–Crippen MR) is 96.9 cm³/mol. The molecule has 3 heterocycles. The highest BCUT2D eigenvalue weighted by Gasteiger charge is 2.13. The second-order valence-corrected chi connectivity index (χ2v) is 5.83. The van der Waals surface area contributed by atoms with E-state index in [1.54, 1.807) is 10.7 Å². The van der Waals surface area contributed by atoms with Crippen LogP contribution in [0.3, 0.4) is 0 Å². The number of para-hydroxylation sites is 1. The first-order valence-electron chi connectivity index (χ1n) is 8.52. The predicted octanol–water partition coefficient (Wildman–Crippen LogP) is 3.52. The van der Waals surface area contributed by atoms with Crippen LogP contribution in [0.1, 0.15) is 13.3 Å². The maximum atomic E-state index is 5.93. The summed E-state index contributed by atoms with van der Waals surface area (Å²) >= 11 is 0. The van der Waals surface area contributed by atoms with Gasteiger partial charge in [0.05, 0.1) is 6.20 Å². The van der Waals surface area contributed by atoms with Gasteiger partial charge in [0, 0.05) is 18.0 Å². The molecular formula is C19H20N4O2. The van der Waals surface area contributed by atoms with Gasteiger partial charge in [0.15, 0.2) is 11.4 Å². The van der Waals surface area contributed by atoms with Gasteiger partial charge < -0.3 is 14.5 Å². The van der Waals surface area contributed by atoms with Crippen LogP contribution >= 0.6 is 0 Å². The average molecular weight is 336 g/mol. The van der Waals surface area contributed by atoms with Gasteiger partial charge in [-0.2, -0.15) is 0 Å². The van der Waals surface area contributed by atoms with Gasteiger partial charge in [-0.25, -0.2) is 9.50 Å². The number of fused-ring (bicyclic) bond motifs is 2. The zero-order valence-corrected chi connectivity index (χ0v) is 14.1. The van der Waals surface area contributed by atoms with Crippen molar-refractivity contribution in [1.29, 1.82) is 0 Å². The minimum absolute atomic E-state index is 0.571. The quantitative estimate of drug-likeness (QED) is 0.523. The molecule has 4 aromatic rings. The standard InChI is InChI=1S/C19H20N4O2/c1-2-9-20-10-11-24-19-8-7-18-21-13-15(23(18)22-19)17-12-14-5-3-4-6-16(14)25-17/h3-8,12-13,20H,2,9-11H2,1H3. The number of furan rings is 1. The molecule has 4 rings (SSSR count). The Bertz CT molecular complexity index is 956. The first-order chi connectivity index (χ1) is 12.3. The van der Waals surface area contributed by atoms with Gasteiger partial charge in [-0.1, -0.05) is 25.1 Å². The van der Waals surface area contributed by atoms with Crippen molar-refractivity contribution in [1.82, 2.24) is 19.9 Å². The molecule has 0 aliphatic heterocycles. The van der Waals surface area contributed by atoms with Crippen LogP contribution in [0.25, 0.3) is 28.1 Å². The van der Waals surface area contributed by atoms with Crippen LogP contribution in [0.4, 0.5) is 0 Å². The number of aromatic nitrogens is 3. The molecule has 3 aromatic heterocycles. The smallest absolute Gasteiger partial charge is 0.231 e. The van der Waals surface area contributed by atoms with Gasteiger partial charge in [-0.15, -0.1) is 5.10 Å². The Labute approximate surface area is 145 Å². The summed E-state index contributed by atoms with van der Waals surface area (Å²) in [6.45, 7) is 4.51. The summed E-state index contributed by atoms with van der Waals surface area (Å²) in [4.78, 5) is 4.40. The molecule has 6 nitrogen and oxygen atoms in total.